The Labute approximate surface area is 105 Å². The van der Waals surface area contributed by atoms with Gasteiger partial charge < -0.3 is 9.84 Å². The van der Waals surface area contributed by atoms with E-state index < -0.39 is 0 Å². The maximum Gasteiger partial charge on any atom is 0.115 e. The Kier molecular flexibility index (Phi) is 3.88. The second-order valence-corrected chi connectivity index (χ2v) is 6.57. The van der Waals surface area contributed by atoms with Gasteiger partial charge in [0.05, 0.1) is 11.7 Å². The zero-order valence-electron chi connectivity index (χ0n) is 11.7. The first kappa shape index (κ1) is 14.0. The van der Waals surface area contributed by atoms with Crippen LogP contribution >= 0.6 is 0 Å². The largest absolute Gasteiger partial charge is 0.508 e. The molecular weight excluding hydrogens is 212 g/mol. The molecule has 0 aliphatic carbocycles. The van der Waals surface area contributed by atoms with Gasteiger partial charge in [-0.25, -0.2) is 0 Å². The first-order valence-corrected chi connectivity index (χ1v) is 6.06. The molecule has 2 heteroatoms. The van der Waals surface area contributed by atoms with Crippen LogP contribution in [-0.2, 0) is 4.74 Å². The smallest absolute Gasteiger partial charge is 0.115 e. The van der Waals surface area contributed by atoms with E-state index in [1.165, 1.54) is 0 Å². The molecule has 1 N–H and O–H groups in total. The van der Waals surface area contributed by atoms with Crippen LogP contribution in [0.15, 0.2) is 24.3 Å². The molecule has 1 aromatic rings. The number of ether oxygens (including phenoxy) is 1. The van der Waals surface area contributed by atoms with Gasteiger partial charge in [0, 0.05) is 0 Å². The van der Waals surface area contributed by atoms with Crippen LogP contribution in [0.4, 0.5) is 0 Å². The van der Waals surface area contributed by atoms with Crippen LogP contribution in [0.1, 0.15) is 53.2 Å². The fraction of sp³-hybridized carbons (Fsp3) is 0.600. The molecule has 1 rings (SSSR count). The normalized spacial score (nSPS) is 14.7. The summed E-state index contributed by atoms with van der Waals surface area (Å²) < 4.78 is 6.13. The van der Waals surface area contributed by atoms with Crippen molar-refractivity contribution in [2.75, 3.05) is 0 Å². The molecule has 0 saturated carbocycles. The molecule has 0 aliphatic heterocycles. The van der Waals surface area contributed by atoms with Crippen molar-refractivity contribution in [3.8, 4) is 5.75 Å². The number of hydrogen-bond acceptors (Lipinski definition) is 2. The summed E-state index contributed by atoms with van der Waals surface area (Å²) in [6.45, 7) is 12.6. The number of benzene rings is 1. The minimum atomic E-state index is -0.205. The molecule has 1 aromatic carbocycles. The third-order valence-corrected chi connectivity index (χ3v) is 2.43. The van der Waals surface area contributed by atoms with E-state index in [-0.39, 0.29) is 22.9 Å². The zero-order valence-corrected chi connectivity index (χ0v) is 11.7. The molecule has 0 aromatic heterocycles. The molecule has 96 valence electrons. The SMILES string of the molecule is CC(C)(C)OC(c1cccc(O)c1)C(C)(C)C. The maximum absolute atomic E-state index is 9.57. The Morgan fingerprint density at radius 3 is 2.06 bits per heavy atom. The second-order valence-electron chi connectivity index (χ2n) is 6.57. The summed E-state index contributed by atoms with van der Waals surface area (Å²) in [4.78, 5) is 0. The molecule has 0 saturated heterocycles. The van der Waals surface area contributed by atoms with Gasteiger partial charge in [0.15, 0.2) is 0 Å². The fourth-order valence-corrected chi connectivity index (χ4v) is 1.79. The highest BCUT2D eigenvalue weighted by molar-refractivity contribution is 5.29. The summed E-state index contributed by atoms with van der Waals surface area (Å²) in [5.74, 6) is 0.286. The fourth-order valence-electron chi connectivity index (χ4n) is 1.79. The van der Waals surface area contributed by atoms with Crippen LogP contribution < -0.4 is 0 Å². The Hall–Kier alpha value is -1.02. The third kappa shape index (κ3) is 4.39. The molecule has 17 heavy (non-hydrogen) atoms. The molecule has 0 heterocycles. The zero-order chi connectivity index (χ0) is 13.3. The molecule has 0 fully saturated rings. The van der Waals surface area contributed by atoms with Crippen molar-refractivity contribution < 1.29 is 9.84 Å². The molecule has 0 aliphatic rings. The van der Waals surface area contributed by atoms with E-state index in [0.29, 0.717) is 0 Å². The summed E-state index contributed by atoms with van der Waals surface area (Å²) in [5.41, 5.74) is 0.803. The minimum absolute atomic E-state index is 0.0128. The monoisotopic (exact) mass is 236 g/mol. The summed E-state index contributed by atoms with van der Waals surface area (Å²) in [5, 5.41) is 9.57. The summed E-state index contributed by atoms with van der Waals surface area (Å²) in [6, 6.07) is 7.32. The predicted octanol–water partition coefficient (Wildman–Crippen LogP) is 4.29. The third-order valence-electron chi connectivity index (χ3n) is 2.43. The number of hydrogen-bond donors (Lipinski definition) is 1. The first-order chi connectivity index (χ1) is 7.59. The van der Waals surface area contributed by atoms with E-state index in [0.717, 1.165) is 5.56 Å². The van der Waals surface area contributed by atoms with Crippen molar-refractivity contribution in [1.29, 1.82) is 0 Å². The van der Waals surface area contributed by atoms with Crippen molar-refractivity contribution in [2.24, 2.45) is 5.41 Å². The number of phenols is 1. The average molecular weight is 236 g/mol. The van der Waals surface area contributed by atoms with Crippen LogP contribution in [-0.4, -0.2) is 10.7 Å². The van der Waals surface area contributed by atoms with Gasteiger partial charge in [-0.05, 0) is 43.9 Å². The summed E-state index contributed by atoms with van der Waals surface area (Å²) >= 11 is 0. The molecular formula is C15H24O2. The highest BCUT2D eigenvalue weighted by Crippen LogP contribution is 2.39. The number of rotatable bonds is 2. The van der Waals surface area contributed by atoms with E-state index in [9.17, 15) is 5.11 Å². The van der Waals surface area contributed by atoms with Crippen molar-refractivity contribution >= 4 is 0 Å². The Bertz CT molecular complexity index is 369. The second kappa shape index (κ2) is 4.69. The van der Waals surface area contributed by atoms with Gasteiger partial charge in [0.25, 0.3) is 0 Å². The molecule has 1 unspecified atom stereocenters. The van der Waals surface area contributed by atoms with E-state index in [2.05, 4.69) is 41.5 Å². The Morgan fingerprint density at radius 2 is 1.65 bits per heavy atom. The molecule has 0 spiro atoms. The predicted molar refractivity (Wildman–Crippen MR) is 71.1 cm³/mol. The topological polar surface area (TPSA) is 29.5 Å². The average Bonchev–Trinajstić information content (AvgIpc) is 2.11. The van der Waals surface area contributed by atoms with E-state index in [1.54, 1.807) is 12.1 Å². The lowest BCUT2D eigenvalue weighted by atomic mass is 9.84. The van der Waals surface area contributed by atoms with Gasteiger partial charge in [0.1, 0.15) is 5.75 Å². The minimum Gasteiger partial charge on any atom is -0.508 e. The van der Waals surface area contributed by atoms with Crippen molar-refractivity contribution in [3.05, 3.63) is 29.8 Å². The lowest BCUT2D eigenvalue weighted by molar-refractivity contribution is -0.107. The maximum atomic E-state index is 9.57. The standard InChI is InChI=1S/C15H24O2/c1-14(2,3)13(17-15(4,5)6)11-8-7-9-12(16)10-11/h7-10,13,16H,1-6H3. The Balaban J connectivity index is 3.07. The van der Waals surface area contributed by atoms with Gasteiger partial charge in [-0.2, -0.15) is 0 Å². The molecule has 1 atom stereocenters. The van der Waals surface area contributed by atoms with Crippen LogP contribution in [0.2, 0.25) is 0 Å². The van der Waals surface area contributed by atoms with Gasteiger partial charge >= 0.3 is 0 Å². The van der Waals surface area contributed by atoms with Gasteiger partial charge in [0.2, 0.25) is 0 Å². The van der Waals surface area contributed by atoms with E-state index in [4.69, 9.17) is 4.74 Å². The molecule has 0 radical (unpaired) electrons. The van der Waals surface area contributed by atoms with E-state index >= 15 is 0 Å². The number of phenolic OH excluding ortho intramolecular Hbond substituents is 1. The van der Waals surface area contributed by atoms with Crippen molar-refractivity contribution in [1.82, 2.24) is 0 Å². The highest BCUT2D eigenvalue weighted by Gasteiger charge is 2.31. The lowest BCUT2D eigenvalue weighted by Gasteiger charge is -2.36. The number of aromatic hydroxyl groups is 1. The van der Waals surface area contributed by atoms with Crippen molar-refractivity contribution in [2.45, 2.75) is 53.2 Å². The lowest BCUT2D eigenvalue weighted by Crippen LogP contribution is -2.30. The summed E-state index contributed by atoms with van der Waals surface area (Å²) in [6.07, 6.45) is -0.0328. The first-order valence-electron chi connectivity index (χ1n) is 6.06. The van der Waals surface area contributed by atoms with Crippen LogP contribution in [0.5, 0.6) is 5.75 Å². The van der Waals surface area contributed by atoms with E-state index in [1.807, 2.05) is 12.1 Å². The highest BCUT2D eigenvalue weighted by atomic mass is 16.5. The molecule has 0 amide bonds. The quantitative estimate of drug-likeness (QED) is 0.829. The van der Waals surface area contributed by atoms with Gasteiger partial charge in [-0.1, -0.05) is 32.9 Å². The van der Waals surface area contributed by atoms with Crippen LogP contribution in [0.25, 0.3) is 0 Å². The van der Waals surface area contributed by atoms with Gasteiger partial charge in [-0.15, -0.1) is 0 Å². The van der Waals surface area contributed by atoms with Gasteiger partial charge in [-0.3, -0.25) is 0 Å². The molecule has 0 bridgehead atoms. The Morgan fingerprint density at radius 1 is 1.06 bits per heavy atom. The van der Waals surface area contributed by atoms with Crippen LogP contribution in [0, 0.1) is 5.41 Å². The summed E-state index contributed by atoms with van der Waals surface area (Å²) in [7, 11) is 0. The molecule has 2 nitrogen and oxygen atoms in total. The van der Waals surface area contributed by atoms with Crippen LogP contribution in [0.3, 0.4) is 0 Å². The van der Waals surface area contributed by atoms with Crippen molar-refractivity contribution in [3.63, 3.8) is 0 Å².